The molecule has 0 bridgehead atoms. The Morgan fingerprint density at radius 3 is 2.94 bits per heavy atom. The molecule has 1 aliphatic rings. The number of halogens is 2. The summed E-state index contributed by atoms with van der Waals surface area (Å²) in [5.74, 6) is 0. The van der Waals surface area contributed by atoms with E-state index in [0.717, 1.165) is 22.4 Å². The van der Waals surface area contributed by atoms with Gasteiger partial charge in [0.05, 0.1) is 11.4 Å². The van der Waals surface area contributed by atoms with Gasteiger partial charge in [0, 0.05) is 28.3 Å². The molecule has 0 aliphatic heterocycles. The lowest BCUT2D eigenvalue weighted by Gasteiger charge is -2.05. The first-order chi connectivity index (χ1) is 8.72. The van der Waals surface area contributed by atoms with Crippen LogP contribution in [0.15, 0.2) is 34.9 Å². The minimum atomic E-state index is 0.706. The van der Waals surface area contributed by atoms with Crippen molar-refractivity contribution >= 4 is 27.5 Å². The molecule has 0 atom stereocenters. The van der Waals surface area contributed by atoms with Crippen LogP contribution in [-0.4, -0.2) is 15.8 Å². The molecule has 1 aromatic carbocycles. The maximum Gasteiger partial charge on any atom is 0.0788 e. The number of rotatable bonds is 4. The Kier molecular flexibility index (Phi) is 3.41. The van der Waals surface area contributed by atoms with Crippen LogP contribution in [0.25, 0.3) is 5.69 Å². The fraction of sp³-hybridized carbons (Fsp3) is 0.308. The zero-order valence-electron chi connectivity index (χ0n) is 9.74. The Bertz CT molecular complexity index is 563. The molecule has 0 amide bonds. The van der Waals surface area contributed by atoms with Crippen LogP contribution in [0.3, 0.4) is 0 Å². The Hall–Kier alpha value is -0.840. The molecule has 5 heteroatoms. The van der Waals surface area contributed by atoms with Gasteiger partial charge in [-0.25, -0.2) is 4.68 Å². The molecule has 2 aromatic rings. The van der Waals surface area contributed by atoms with Gasteiger partial charge in [0.15, 0.2) is 0 Å². The SMILES string of the molecule is Clc1ccc(-n2ccc(CNC3CC3)n2)c(Br)c1. The molecule has 0 spiro atoms. The second-order valence-electron chi connectivity index (χ2n) is 4.50. The summed E-state index contributed by atoms with van der Waals surface area (Å²) >= 11 is 9.44. The van der Waals surface area contributed by atoms with Crippen LogP contribution in [0.5, 0.6) is 0 Å². The van der Waals surface area contributed by atoms with Crippen molar-refractivity contribution < 1.29 is 0 Å². The van der Waals surface area contributed by atoms with Crippen molar-refractivity contribution in [2.24, 2.45) is 0 Å². The Labute approximate surface area is 119 Å². The number of nitrogens with zero attached hydrogens (tertiary/aromatic N) is 2. The molecule has 94 valence electrons. The van der Waals surface area contributed by atoms with Gasteiger partial charge in [-0.05, 0) is 53.0 Å². The van der Waals surface area contributed by atoms with Crippen LogP contribution >= 0.6 is 27.5 Å². The molecular weight excluding hydrogens is 314 g/mol. The van der Waals surface area contributed by atoms with Crippen LogP contribution in [0, 0.1) is 0 Å². The lowest BCUT2D eigenvalue weighted by molar-refractivity contribution is 0.664. The first-order valence-corrected chi connectivity index (χ1v) is 7.13. The highest BCUT2D eigenvalue weighted by atomic mass is 79.9. The molecular formula is C13H13BrClN3. The summed E-state index contributed by atoms with van der Waals surface area (Å²) in [5.41, 5.74) is 2.06. The van der Waals surface area contributed by atoms with Gasteiger partial charge in [0.25, 0.3) is 0 Å². The summed E-state index contributed by atoms with van der Waals surface area (Å²) in [6.07, 6.45) is 4.56. The quantitative estimate of drug-likeness (QED) is 0.931. The molecule has 1 aromatic heterocycles. The average Bonchev–Trinajstić information content (AvgIpc) is 3.05. The van der Waals surface area contributed by atoms with Crippen molar-refractivity contribution in [3.63, 3.8) is 0 Å². The maximum atomic E-state index is 5.93. The molecule has 0 unspecified atom stereocenters. The zero-order chi connectivity index (χ0) is 12.5. The number of nitrogens with one attached hydrogen (secondary N) is 1. The van der Waals surface area contributed by atoms with E-state index in [-0.39, 0.29) is 0 Å². The monoisotopic (exact) mass is 325 g/mol. The second kappa shape index (κ2) is 5.03. The average molecular weight is 327 g/mol. The smallest absolute Gasteiger partial charge is 0.0788 e. The third-order valence-electron chi connectivity index (χ3n) is 2.95. The zero-order valence-corrected chi connectivity index (χ0v) is 12.1. The van der Waals surface area contributed by atoms with Gasteiger partial charge < -0.3 is 5.32 Å². The van der Waals surface area contributed by atoms with Gasteiger partial charge >= 0.3 is 0 Å². The summed E-state index contributed by atoms with van der Waals surface area (Å²) in [6, 6.07) is 8.44. The molecule has 3 rings (SSSR count). The molecule has 1 saturated carbocycles. The highest BCUT2D eigenvalue weighted by Crippen LogP contribution is 2.24. The van der Waals surface area contributed by atoms with Crippen molar-refractivity contribution in [2.75, 3.05) is 0 Å². The fourth-order valence-corrected chi connectivity index (χ4v) is 2.66. The van der Waals surface area contributed by atoms with Crippen molar-refractivity contribution in [2.45, 2.75) is 25.4 Å². The van der Waals surface area contributed by atoms with Crippen molar-refractivity contribution in [1.29, 1.82) is 0 Å². The van der Waals surface area contributed by atoms with Crippen LogP contribution in [0.2, 0.25) is 5.02 Å². The molecule has 18 heavy (non-hydrogen) atoms. The molecule has 1 N–H and O–H groups in total. The highest BCUT2D eigenvalue weighted by Gasteiger charge is 2.20. The van der Waals surface area contributed by atoms with E-state index in [0.29, 0.717) is 11.1 Å². The second-order valence-corrected chi connectivity index (χ2v) is 5.79. The van der Waals surface area contributed by atoms with Crippen LogP contribution in [0.1, 0.15) is 18.5 Å². The molecule has 0 saturated heterocycles. The molecule has 1 fully saturated rings. The molecule has 1 aliphatic carbocycles. The van der Waals surface area contributed by atoms with Crippen molar-refractivity contribution in [1.82, 2.24) is 15.1 Å². The van der Waals surface area contributed by atoms with Gasteiger partial charge in [-0.2, -0.15) is 5.10 Å². The molecule has 3 nitrogen and oxygen atoms in total. The van der Waals surface area contributed by atoms with E-state index in [4.69, 9.17) is 11.6 Å². The van der Waals surface area contributed by atoms with Gasteiger partial charge in [-0.1, -0.05) is 11.6 Å². The van der Waals surface area contributed by atoms with Gasteiger partial charge in [0.2, 0.25) is 0 Å². The van der Waals surface area contributed by atoms with Crippen molar-refractivity contribution in [3.8, 4) is 5.69 Å². The number of benzene rings is 1. The number of hydrogen-bond donors (Lipinski definition) is 1. The summed E-state index contributed by atoms with van der Waals surface area (Å²) < 4.78 is 2.81. The van der Waals surface area contributed by atoms with E-state index in [1.807, 2.05) is 35.1 Å². The molecule has 0 radical (unpaired) electrons. The first kappa shape index (κ1) is 12.2. The van der Waals surface area contributed by atoms with Crippen LogP contribution in [-0.2, 0) is 6.54 Å². The summed E-state index contributed by atoms with van der Waals surface area (Å²) in [4.78, 5) is 0. The normalized spacial score (nSPS) is 15.0. The van der Waals surface area contributed by atoms with E-state index in [1.54, 1.807) is 0 Å². The lowest BCUT2D eigenvalue weighted by Crippen LogP contribution is -2.15. The minimum absolute atomic E-state index is 0.706. The summed E-state index contributed by atoms with van der Waals surface area (Å²) in [6.45, 7) is 0.836. The Morgan fingerprint density at radius 2 is 2.22 bits per heavy atom. The van der Waals surface area contributed by atoms with Gasteiger partial charge in [0.1, 0.15) is 0 Å². The number of hydrogen-bond acceptors (Lipinski definition) is 2. The van der Waals surface area contributed by atoms with E-state index in [2.05, 4.69) is 26.3 Å². The highest BCUT2D eigenvalue weighted by molar-refractivity contribution is 9.10. The van der Waals surface area contributed by atoms with E-state index < -0.39 is 0 Å². The summed E-state index contributed by atoms with van der Waals surface area (Å²) in [5, 5.41) is 8.72. The minimum Gasteiger partial charge on any atom is -0.308 e. The fourth-order valence-electron chi connectivity index (χ4n) is 1.79. The van der Waals surface area contributed by atoms with Crippen LogP contribution < -0.4 is 5.32 Å². The number of aromatic nitrogens is 2. The van der Waals surface area contributed by atoms with Gasteiger partial charge in [-0.15, -0.1) is 0 Å². The Balaban J connectivity index is 1.78. The van der Waals surface area contributed by atoms with E-state index >= 15 is 0 Å². The topological polar surface area (TPSA) is 29.9 Å². The molecule has 1 heterocycles. The largest absolute Gasteiger partial charge is 0.308 e. The van der Waals surface area contributed by atoms with E-state index in [9.17, 15) is 0 Å². The van der Waals surface area contributed by atoms with Gasteiger partial charge in [-0.3, -0.25) is 0 Å². The predicted octanol–water partition coefficient (Wildman–Crippen LogP) is 3.54. The summed E-state index contributed by atoms with van der Waals surface area (Å²) in [7, 11) is 0. The lowest BCUT2D eigenvalue weighted by atomic mass is 10.3. The standard InChI is InChI=1S/C13H13BrClN3/c14-12-7-9(15)1-4-13(12)18-6-5-11(17-18)8-16-10-2-3-10/h1,4-7,10,16H,2-3,8H2. The van der Waals surface area contributed by atoms with Crippen molar-refractivity contribution in [3.05, 3.63) is 45.7 Å². The third-order valence-corrected chi connectivity index (χ3v) is 3.82. The maximum absolute atomic E-state index is 5.93. The predicted molar refractivity (Wildman–Crippen MR) is 76.1 cm³/mol. The van der Waals surface area contributed by atoms with E-state index in [1.165, 1.54) is 12.8 Å². The third kappa shape index (κ3) is 2.76. The Morgan fingerprint density at radius 1 is 1.39 bits per heavy atom. The first-order valence-electron chi connectivity index (χ1n) is 5.96. The van der Waals surface area contributed by atoms with Crippen LogP contribution in [0.4, 0.5) is 0 Å².